The highest BCUT2D eigenvalue weighted by molar-refractivity contribution is 5.81. The molecule has 3 rings (SSSR count). The molecule has 0 amide bonds. The molecule has 0 saturated heterocycles. The number of benzene rings is 2. The van der Waals surface area contributed by atoms with Crippen molar-refractivity contribution in [2.45, 2.75) is 0 Å². The highest BCUT2D eigenvalue weighted by Gasteiger charge is 1.85. The van der Waals surface area contributed by atoms with Gasteiger partial charge in [0.2, 0.25) is 0 Å². The fourth-order valence-electron chi connectivity index (χ4n) is 1.62. The molecule has 92 valence electrons. The number of aromatic nitrogens is 1. The van der Waals surface area contributed by atoms with Crippen LogP contribution >= 0.6 is 0 Å². The molecule has 0 bridgehead atoms. The number of fused-ring (bicyclic) bond motifs is 1. The van der Waals surface area contributed by atoms with Gasteiger partial charge in [-0.15, -0.1) is 0 Å². The summed E-state index contributed by atoms with van der Waals surface area (Å²) >= 11 is 0. The van der Waals surface area contributed by atoms with Crippen LogP contribution in [0.5, 0.6) is 0 Å². The number of nitrogens with zero attached hydrogens (tertiary/aromatic N) is 1. The molecule has 18 heavy (non-hydrogen) atoms. The number of pyridine rings is 1. The minimum absolute atomic E-state index is 0. The summed E-state index contributed by atoms with van der Waals surface area (Å²) in [7, 11) is 2.00. The lowest BCUT2D eigenvalue weighted by Crippen LogP contribution is -3.00. The molecular formula is C16H16ClN. The first kappa shape index (κ1) is 14.2. The van der Waals surface area contributed by atoms with Gasteiger partial charge in [0, 0.05) is 12.1 Å². The van der Waals surface area contributed by atoms with Gasteiger partial charge in [0.25, 0.3) is 0 Å². The Kier molecular flexibility index (Phi) is 5.89. The second-order valence-electron chi connectivity index (χ2n) is 3.89. The molecule has 2 heteroatoms. The largest absolute Gasteiger partial charge is 1.00 e. The number of aryl methyl sites for hydroxylation is 1. The molecule has 3 aromatic rings. The third-order valence-electron chi connectivity index (χ3n) is 2.52. The maximum absolute atomic E-state index is 2.12. The summed E-state index contributed by atoms with van der Waals surface area (Å²) in [5.74, 6) is 0. The number of rotatable bonds is 0. The van der Waals surface area contributed by atoms with Crippen LogP contribution in [0, 0.1) is 0 Å². The summed E-state index contributed by atoms with van der Waals surface area (Å²) in [5, 5.41) is 2.62. The molecule has 0 N–H and O–H groups in total. The summed E-state index contributed by atoms with van der Waals surface area (Å²) in [6.45, 7) is 0. The molecule has 0 aliphatic heterocycles. The van der Waals surface area contributed by atoms with E-state index in [-0.39, 0.29) is 12.4 Å². The first-order chi connectivity index (χ1) is 8.36. The van der Waals surface area contributed by atoms with Gasteiger partial charge in [0.1, 0.15) is 7.05 Å². The topological polar surface area (TPSA) is 3.88 Å². The van der Waals surface area contributed by atoms with Crippen LogP contribution in [0.25, 0.3) is 10.8 Å². The van der Waals surface area contributed by atoms with E-state index in [1.54, 1.807) is 0 Å². The van der Waals surface area contributed by atoms with Crippen LogP contribution in [0.2, 0.25) is 0 Å². The van der Waals surface area contributed by atoms with E-state index < -0.39 is 0 Å². The van der Waals surface area contributed by atoms with Crippen LogP contribution in [-0.4, -0.2) is 0 Å². The van der Waals surface area contributed by atoms with Crippen molar-refractivity contribution >= 4 is 10.8 Å². The Morgan fingerprint density at radius 3 is 1.28 bits per heavy atom. The molecule has 1 nitrogen and oxygen atoms in total. The average Bonchev–Trinajstić information content (AvgIpc) is 2.41. The highest BCUT2D eigenvalue weighted by Crippen LogP contribution is 2.11. The normalized spacial score (nSPS) is 8.94. The Labute approximate surface area is 114 Å². The molecule has 1 aromatic heterocycles. The van der Waals surface area contributed by atoms with E-state index in [4.69, 9.17) is 0 Å². The van der Waals surface area contributed by atoms with Gasteiger partial charge in [0.05, 0.1) is 0 Å². The lowest BCUT2D eigenvalue weighted by molar-refractivity contribution is -0.671. The number of hydrogen-bond acceptors (Lipinski definition) is 0. The molecule has 2 aromatic carbocycles. The van der Waals surface area contributed by atoms with Crippen LogP contribution in [0.4, 0.5) is 0 Å². The quantitative estimate of drug-likeness (QED) is 0.512. The third kappa shape index (κ3) is 4.19. The molecule has 0 radical (unpaired) electrons. The van der Waals surface area contributed by atoms with Gasteiger partial charge in [-0.25, -0.2) is 4.57 Å². The Morgan fingerprint density at radius 1 is 0.611 bits per heavy atom. The molecule has 0 saturated carbocycles. The summed E-state index contributed by atoms with van der Waals surface area (Å²) in [4.78, 5) is 0. The maximum atomic E-state index is 2.12. The van der Waals surface area contributed by atoms with Crippen molar-refractivity contribution in [2.24, 2.45) is 7.05 Å². The van der Waals surface area contributed by atoms with Gasteiger partial charge < -0.3 is 12.4 Å². The minimum Gasteiger partial charge on any atom is -1.00 e. The Bertz CT molecular complexity index is 513. The van der Waals surface area contributed by atoms with Crippen molar-refractivity contribution in [1.82, 2.24) is 0 Å². The summed E-state index contributed by atoms with van der Waals surface area (Å²) in [6, 6.07) is 22.7. The Balaban J connectivity index is 0.000000181. The zero-order chi connectivity index (χ0) is 11.9. The van der Waals surface area contributed by atoms with Crippen molar-refractivity contribution < 1.29 is 17.0 Å². The van der Waals surface area contributed by atoms with Crippen molar-refractivity contribution in [3.8, 4) is 0 Å². The van der Waals surface area contributed by atoms with Crippen LogP contribution in [-0.2, 0) is 7.05 Å². The van der Waals surface area contributed by atoms with E-state index in [2.05, 4.69) is 48.5 Å². The highest BCUT2D eigenvalue weighted by atomic mass is 35.5. The molecular weight excluding hydrogens is 242 g/mol. The van der Waals surface area contributed by atoms with E-state index >= 15 is 0 Å². The fraction of sp³-hybridized carbons (Fsp3) is 0.0625. The van der Waals surface area contributed by atoms with E-state index in [0.717, 1.165) is 0 Å². The summed E-state index contributed by atoms with van der Waals surface area (Å²) < 4.78 is 2.00. The van der Waals surface area contributed by atoms with Gasteiger partial charge >= 0.3 is 0 Å². The predicted molar refractivity (Wildman–Crippen MR) is 71.6 cm³/mol. The lowest BCUT2D eigenvalue weighted by atomic mass is 10.1. The van der Waals surface area contributed by atoms with Gasteiger partial charge in [-0.2, -0.15) is 0 Å². The van der Waals surface area contributed by atoms with E-state index in [1.165, 1.54) is 10.8 Å². The zero-order valence-electron chi connectivity index (χ0n) is 10.3. The van der Waals surface area contributed by atoms with Crippen molar-refractivity contribution in [3.05, 3.63) is 79.1 Å². The van der Waals surface area contributed by atoms with E-state index in [0.29, 0.717) is 0 Å². The van der Waals surface area contributed by atoms with Crippen LogP contribution in [0.3, 0.4) is 0 Å². The van der Waals surface area contributed by atoms with Crippen molar-refractivity contribution in [2.75, 3.05) is 0 Å². The van der Waals surface area contributed by atoms with Crippen molar-refractivity contribution in [3.63, 3.8) is 0 Å². The zero-order valence-corrected chi connectivity index (χ0v) is 11.1. The van der Waals surface area contributed by atoms with Crippen LogP contribution in [0.15, 0.2) is 79.1 Å². The van der Waals surface area contributed by atoms with Gasteiger partial charge in [0.15, 0.2) is 12.4 Å². The standard InChI is InChI=1S/C10H8.C6H8N.ClH/c1-2-6-10-8-4-3-7-9(10)5-1;1-7-5-3-2-4-6-7;/h1-8H;2-6H,1H3;1H/q;+1;/p-1. The Hall–Kier alpha value is -1.86. The summed E-state index contributed by atoms with van der Waals surface area (Å²) in [5.41, 5.74) is 0. The predicted octanol–water partition coefficient (Wildman–Crippen LogP) is 0.355. The molecule has 0 aliphatic rings. The number of halogens is 1. The smallest absolute Gasteiger partial charge is 0.168 e. The van der Waals surface area contributed by atoms with E-state index in [1.807, 2.05) is 42.2 Å². The fourth-order valence-corrected chi connectivity index (χ4v) is 1.62. The van der Waals surface area contributed by atoms with Gasteiger partial charge in [-0.1, -0.05) is 54.6 Å². The van der Waals surface area contributed by atoms with Gasteiger partial charge in [-0.05, 0) is 10.8 Å². The van der Waals surface area contributed by atoms with E-state index in [9.17, 15) is 0 Å². The second kappa shape index (κ2) is 7.46. The molecule has 0 fully saturated rings. The molecule has 1 heterocycles. The Morgan fingerprint density at radius 2 is 1.00 bits per heavy atom. The second-order valence-corrected chi connectivity index (χ2v) is 3.89. The monoisotopic (exact) mass is 257 g/mol. The molecule has 0 aliphatic carbocycles. The summed E-state index contributed by atoms with van der Waals surface area (Å²) in [6.07, 6.45) is 4.00. The molecule has 0 atom stereocenters. The molecule has 0 unspecified atom stereocenters. The van der Waals surface area contributed by atoms with Gasteiger partial charge in [-0.3, -0.25) is 0 Å². The third-order valence-corrected chi connectivity index (χ3v) is 2.52. The van der Waals surface area contributed by atoms with Crippen molar-refractivity contribution in [1.29, 1.82) is 0 Å². The average molecular weight is 258 g/mol. The lowest BCUT2D eigenvalue weighted by Gasteiger charge is -1.92. The minimum atomic E-state index is 0. The number of hydrogen-bond donors (Lipinski definition) is 0. The first-order valence-electron chi connectivity index (χ1n) is 5.70. The van der Waals surface area contributed by atoms with Crippen LogP contribution in [0.1, 0.15) is 0 Å². The maximum Gasteiger partial charge on any atom is 0.168 e. The SMILES string of the molecule is C[n+]1ccccc1.[Cl-].c1ccc2ccccc2c1. The van der Waals surface area contributed by atoms with Crippen LogP contribution < -0.4 is 17.0 Å². The molecule has 0 spiro atoms. The first-order valence-corrected chi connectivity index (χ1v) is 5.70.